The first-order valence-electron chi connectivity index (χ1n) is 12.7. The average molecular weight is 451 g/mol. The van der Waals surface area contributed by atoms with Crippen LogP contribution in [0.25, 0.3) is 11.2 Å². The zero-order chi connectivity index (χ0) is 23.6. The molecule has 0 saturated heterocycles. The van der Waals surface area contributed by atoms with Crippen LogP contribution in [0.1, 0.15) is 69.9 Å². The van der Waals surface area contributed by atoms with Crippen LogP contribution in [0.5, 0.6) is 0 Å². The summed E-state index contributed by atoms with van der Waals surface area (Å²) in [5.41, 5.74) is 11.2. The number of hydrogen-bond donors (Lipinski definition) is 2. The zero-order valence-corrected chi connectivity index (χ0v) is 21.0. The molecule has 0 unspecified atom stereocenters. The third-order valence-corrected chi connectivity index (χ3v) is 6.03. The fourth-order valence-electron chi connectivity index (χ4n) is 4.35. The smallest absolute Gasteiger partial charge is 0.209 e. The molecule has 0 amide bonds. The third-order valence-electron chi connectivity index (χ3n) is 6.03. The maximum Gasteiger partial charge on any atom is 0.209 e. The van der Waals surface area contributed by atoms with Gasteiger partial charge in [0, 0.05) is 25.3 Å². The van der Waals surface area contributed by atoms with Gasteiger partial charge in [-0.25, -0.2) is 9.97 Å². The monoisotopic (exact) mass is 450 g/mol. The lowest BCUT2D eigenvalue weighted by molar-refractivity contribution is 0.631. The summed E-state index contributed by atoms with van der Waals surface area (Å²) in [4.78, 5) is 12.5. The lowest BCUT2D eigenvalue weighted by atomic mass is 10.1. The molecular formula is C27H42N6. The molecule has 3 N–H and O–H groups in total. The minimum Gasteiger partial charge on any atom is -0.357 e. The van der Waals surface area contributed by atoms with Crippen molar-refractivity contribution in [3.05, 3.63) is 41.5 Å². The maximum atomic E-state index is 5.86. The van der Waals surface area contributed by atoms with Crippen LogP contribution in [0.3, 0.4) is 0 Å². The molecule has 0 aliphatic carbocycles. The molecule has 0 bridgehead atoms. The number of benzene rings is 1. The molecular weight excluding hydrogens is 408 g/mol. The second-order valence-electron chi connectivity index (χ2n) is 9.14. The Hall–Kier alpha value is -2.60. The van der Waals surface area contributed by atoms with Crippen molar-refractivity contribution in [3.63, 3.8) is 0 Å². The van der Waals surface area contributed by atoms with Gasteiger partial charge >= 0.3 is 0 Å². The predicted molar refractivity (Wildman–Crippen MR) is 142 cm³/mol. The Morgan fingerprint density at radius 2 is 1.55 bits per heavy atom. The number of rotatable bonds is 14. The maximum absolute atomic E-state index is 5.86. The van der Waals surface area contributed by atoms with Crippen LogP contribution in [0.15, 0.2) is 30.3 Å². The van der Waals surface area contributed by atoms with Crippen LogP contribution in [0, 0.1) is 13.8 Å². The van der Waals surface area contributed by atoms with E-state index in [2.05, 4.69) is 72.8 Å². The molecule has 3 aromatic rings. The normalized spacial score (nSPS) is 11.3. The van der Waals surface area contributed by atoms with E-state index in [1.54, 1.807) is 0 Å². The van der Waals surface area contributed by atoms with Crippen molar-refractivity contribution in [3.8, 4) is 0 Å². The second-order valence-corrected chi connectivity index (χ2v) is 9.14. The van der Waals surface area contributed by atoms with Gasteiger partial charge in [-0.05, 0) is 75.0 Å². The number of aryl methyl sites for hydroxylation is 3. The van der Waals surface area contributed by atoms with E-state index in [0.29, 0.717) is 6.54 Å². The number of nitrogens with zero attached hydrogens (tertiary/aromatic N) is 4. The fourth-order valence-corrected chi connectivity index (χ4v) is 4.35. The Morgan fingerprint density at radius 1 is 0.879 bits per heavy atom. The lowest BCUT2D eigenvalue weighted by Crippen LogP contribution is -2.26. The molecule has 33 heavy (non-hydrogen) atoms. The van der Waals surface area contributed by atoms with E-state index in [-0.39, 0.29) is 0 Å². The molecule has 0 aliphatic rings. The minimum atomic E-state index is 0.641. The van der Waals surface area contributed by atoms with Gasteiger partial charge in [-0.3, -0.25) is 4.57 Å². The van der Waals surface area contributed by atoms with Gasteiger partial charge in [0.05, 0.1) is 0 Å². The topological polar surface area (TPSA) is 72.0 Å². The summed E-state index contributed by atoms with van der Waals surface area (Å²) in [6.45, 7) is 12.3. The Morgan fingerprint density at radius 3 is 2.15 bits per heavy atom. The molecule has 180 valence electrons. The van der Waals surface area contributed by atoms with Crippen LogP contribution >= 0.6 is 0 Å². The lowest BCUT2D eigenvalue weighted by Gasteiger charge is -2.24. The zero-order valence-electron chi connectivity index (χ0n) is 21.0. The van der Waals surface area contributed by atoms with Crippen molar-refractivity contribution >= 4 is 28.6 Å². The number of unbranched alkanes of at least 4 members (excludes halogenated alkanes) is 4. The second kappa shape index (κ2) is 12.6. The summed E-state index contributed by atoms with van der Waals surface area (Å²) in [6, 6.07) is 10.8. The molecule has 0 radical (unpaired) electrons. The third kappa shape index (κ3) is 6.94. The molecule has 0 fully saturated rings. The van der Waals surface area contributed by atoms with Crippen molar-refractivity contribution in [2.45, 2.75) is 79.2 Å². The van der Waals surface area contributed by atoms with E-state index in [1.807, 2.05) is 0 Å². The highest BCUT2D eigenvalue weighted by atomic mass is 15.3. The first-order chi connectivity index (χ1) is 16.0. The van der Waals surface area contributed by atoms with Crippen LogP contribution in [0.4, 0.5) is 17.5 Å². The average Bonchev–Trinajstić information content (AvgIpc) is 3.12. The minimum absolute atomic E-state index is 0.641. The number of fused-ring (bicyclic) bond motifs is 1. The number of hydrogen-bond acceptors (Lipinski definition) is 5. The van der Waals surface area contributed by atoms with E-state index >= 15 is 0 Å². The summed E-state index contributed by atoms with van der Waals surface area (Å²) >= 11 is 0. The summed E-state index contributed by atoms with van der Waals surface area (Å²) < 4.78 is 2.19. The van der Waals surface area contributed by atoms with Gasteiger partial charge in [0.15, 0.2) is 5.65 Å². The Balaban J connectivity index is 1.94. The predicted octanol–water partition coefficient (Wildman–Crippen LogP) is 6.33. The van der Waals surface area contributed by atoms with Crippen molar-refractivity contribution in [2.75, 3.05) is 29.9 Å². The van der Waals surface area contributed by atoms with Gasteiger partial charge in [0.1, 0.15) is 11.3 Å². The molecule has 1 aromatic carbocycles. The Labute approximate surface area is 199 Å². The summed E-state index contributed by atoms with van der Waals surface area (Å²) in [5, 5.41) is 3.54. The Kier molecular flexibility index (Phi) is 9.55. The standard InChI is InChI=1S/C27H42N6/c1-5-7-9-15-32(16-10-8-6-2)25-13-12-24-26(31-25)33(17-11-14-28)27(30-24)29-23-19-21(3)18-22(4)20-23/h12-13,18-20H,5-11,14-17,28H2,1-4H3,(H,29,30). The van der Waals surface area contributed by atoms with Crippen molar-refractivity contribution < 1.29 is 0 Å². The van der Waals surface area contributed by atoms with E-state index in [0.717, 1.165) is 54.7 Å². The molecule has 0 saturated carbocycles. The molecule has 0 atom stereocenters. The highest BCUT2D eigenvalue weighted by molar-refractivity contribution is 5.78. The first-order valence-corrected chi connectivity index (χ1v) is 12.7. The first kappa shape index (κ1) is 25.0. The number of imidazole rings is 1. The van der Waals surface area contributed by atoms with Crippen LogP contribution in [-0.4, -0.2) is 34.2 Å². The van der Waals surface area contributed by atoms with Gasteiger partial charge in [-0.1, -0.05) is 45.6 Å². The molecule has 6 heteroatoms. The molecule has 3 rings (SSSR count). The van der Waals surface area contributed by atoms with E-state index < -0.39 is 0 Å². The van der Waals surface area contributed by atoms with Gasteiger partial charge in [0.2, 0.25) is 5.95 Å². The number of nitrogens with one attached hydrogen (secondary N) is 1. The van der Waals surface area contributed by atoms with Crippen molar-refractivity contribution in [1.82, 2.24) is 14.5 Å². The Bertz CT molecular complexity index is 979. The molecule has 0 spiro atoms. The SMILES string of the molecule is CCCCCN(CCCCC)c1ccc2nc(Nc3cc(C)cc(C)c3)n(CCCN)c2n1. The quantitative estimate of drug-likeness (QED) is 0.281. The number of anilines is 3. The number of nitrogens with two attached hydrogens (primary N) is 1. The van der Waals surface area contributed by atoms with Crippen LogP contribution < -0.4 is 16.0 Å². The molecule has 6 nitrogen and oxygen atoms in total. The van der Waals surface area contributed by atoms with Gasteiger partial charge < -0.3 is 16.0 Å². The molecule has 2 heterocycles. The van der Waals surface area contributed by atoms with Gasteiger partial charge in [-0.15, -0.1) is 0 Å². The van der Waals surface area contributed by atoms with Crippen LogP contribution in [-0.2, 0) is 6.54 Å². The summed E-state index contributed by atoms with van der Waals surface area (Å²) in [5.74, 6) is 1.89. The largest absolute Gasteiger partial charge is 0.357 e. The van der Waals surface area contributed by atoms with E-state index in [9.17, 15) is 0 Å². The van der Waals surface area contributed by atoms with E-state index in [1.165, 1.54) is 49.7 Å². The van der Waals surface area contributed by atoms with E-state index in [4.69, 9.17) is 15.7 Å². The number of pyridine rings is 1. The number of aromatic nitrogens is 3. The van der Waals surface area contributed by atoms with Crippen LogP contribution in [0.2, 0.25) is 0 Å². The van der Waals surface area contributed by atoms with Crippen molar-refractivity contribution in [1.29, 1.82) is 0 Å². The van der Waals surface area contributed by atoms with Gasteiger partial charge in [-0.2, -0.15) is 0 Å². The fraction of sp³-hybridized carbons (Fsp3) is 0.556. The van der Waals surface area contributed by atoms with Gasteiger partial charge in [0.25, 0.3) is 0 Å². The molecule has 2 aromatic heterocycles. The highest BCUT2D eigenvalue weighted by Gasteiger charge is 2.16. The highest BCUT2D eigenvalue weighted by Crippen LogP contribution is 2.26. The van der Waals surface area contributed by atoms with Crippen molar-refractivity contribution in [2.24, 2.45) is 5.73 Å². The summed E-state index contributed by atoms with van der Waals surface area (Å²) in [7, 11) is 0. The molecule has 0 aliphatic heterocycles. The summed E-state index contributed by atoms with van der Waals surface area (Å²) in [6.07, 6.45) is 8.26.